The zero-order valence-corrected chi connectivity index (χ0v) is 11.7. The standard InChI is InChI=1S/C14H21N3O3/c1-19-8-9-20-14-5-4-12(10-16-14)17-13(18)6-7-15-11-2-3-11/h4-5,10-11,15H,2-3,6-9H2,1H3,(H,17,18). The van der Waals surface area contributed by atoms with Gasteiger partial charge >= 0.3 is 0 Å². The van der Waals surface area contributed by atoms with Crippen LogP contribution in [0.25, 0.3) is 0 Å². The van der Waals surface area contributed by atoms with Gasteiger partial charge in [-0.15, -0.1) is 0 Å². The number of aromatic nitrogens is 1. The molecular weight excluding hydrogens is 258 g/mol. The lowest BCUT2D eigenvalue weighted by Gasteiger charge is -2.07. The monoisotopic (exact) mass is 279 g/mol. The van der Waals surface area contributed by atoms with E-state index in [0.717, 1.165) is 6.54 Å². The Bertz CT molecular complexity index is 418. The molecule has 1 aromatic heterocycles. The van der Waals surface area contributed by atoms with Crippen LogP contribution in [0.1, 0.15) is 19.3 Å². The normalized spacial score (nSPS) is 14.1. The molecule has 0 spiro atoms. The fourth-order valence-electron chi connectivity index (χ4n) is 1.67. The summed E-state index contributed by atoms with van der Waals surface area (Å²) in [6.45, 7) is 1.71. The first kappa shape index (κ1) is 14.7. The number of hydrogen-bond acceptors (Lipinski definition) is 5. The fraction of sp³-hybridized carbons (Fsp3) is 0.571. The van der Waals surface area contributed by atoms with Crippen molar-refractivity contribution < 1.29 is 14.3 Å². The van der Waals surface area contributed by atoms with E-state index < -0.39 is 0 Å². The summed E-state index contributed by atoms with van der Waals surface area (Å²) in [6.07, 6.45) is 4.53. The van der Waals surface area contributed by atoms with Crippen LogP contribution >= 0.6 is 0 Å². The maximum absolute atomic E-state index is 11.7. The van der Waals surface area contributed by atoms with Gasteiger partial charge in [-0.2, -0.15) is 0 Å². The Morgan fingerprint density at radius 2 is 2.25 bits per heavy atom. The van der Waals surface area contributed by atoms with Crippen LogP contribution in [0.2, 0.25) is 0 Å². The average molecular weight is 279 g/mol. The Morgan fingerprint density at radius 3 is 2.90 bits per heavy atom. The third-order valence-corrected chi connectivity index (χ3v) is 2.92. The number of carbonyl (C=O) groups is 1. The Morgan fingerprint density at radius 1 is 1.40 bits per heavy atom. The lowest BCUT2D eigenvalue weighted by atomic mass is 10.3. The van der Waals surface area contributed by atoms with Crippen LogP contribution in [0.4, 0.5) is 5.69 Å². The zero-order valence-electron chi connectivity index (χ0n) is 11.7. The van der Waals surface area contributed by atoms with E-state index in [1.165, 1.54) is 12.8 Å². The number of carbonyl (C=O) groups excluding carboxylic acids is 1. The van der Waals surface area contributed by atoms with Gasteiger partial charge in [0.15, 0.2) is 0 Å². The zero-order chi connectivity index (χ0) is 14.2. The van der Waals surface area contributed by atoms with Crippen LogP contribution in [0.15, 0.2) is 18.3 Å². The number of methoxy groups -OCH3 is 1. The van der Waals surface area contributed by atoms with E-state index in [1.807, 2.05) is 0 Å². The molecule has 2 N–H and O–H groups in total. The van der Waals surface area contributed by atoms with Crippen molar-refractivity contribution in [3.63, 3.8) is 0 Å². The number of ether oxygens (including phenoxy) is 2. The summed E-state index contributed by atoms with van der Waals surface area (Å²) in [5, 5.41) is 6.11. The smallest absolute Gasteiger partial charge is 0.225 e. The van der Waals surface area contributed by atoms with Crippen molar-refractivity contribution >= 4 is 11.6 Å². The Kier molecular flexibility index (Phi) is 5.76. The van der Waals surface area contributed by atoms with Gasteiger partial charge in [-0.3, -0.25) is 4.79 Å². The van der Waals surface area contributed by atoms with Crippen molar-refractivity contribution in [1.82, 2.24) is 10.3 Å². The van der Waals surface area contributed by atoms with Gasteiger partial charge < -0.3 is 20.1 Å². The van der Waals surface area contributed by atoms with Gasteiger partial charge in [0.1, 0.15) is 6.61 Å². The first-order chi connectivity index (χ1) is 9.78. The van der Waals surface area contributed by atoms with Gasteiger partial charge in [0, 0.05) is 32.2 Å². The number of nitrogens with zero attached hydrogens (tertiary/aromatic N) is 1. The number of rotatable bonds is 9. The van der Waals surface area contributed by atoms with Crippen LogP contribution in [0.5, 0.6) is 5.88 Å². The Labute approximate surface area is 118 Å². The molecule has 110 valence electrons. The van der Waals surface area contributed by atoms with Crippen LogP contribution in [0.3, 0.4) is 0 Å². The number of amides is 1. The van der Waals surface area contributed by atoms with Gasteiger partial charge in [0.25, 0.3) is 0 Å². The van der Waals surface area contributed by atoms with E-state index in [-0.39, 0.29) is 5.91 Å². The van der Waals surface area contributed by atoms with E-state index in [0.29, 0.717) is 37.2 Å². The van der Waals surface area contributed by atoms with Gasteiger partial charge in [0.2, 0.25) is 11.8 Å². The van der Waals surface area contributed by atoms with Crippen molar-refractivity contribution in [3.05, 3.63) is 18.3 Å². The van der Waals surface area contributed by atoms with Crippen molar-refractivity contribution in [1.29, 1.82) is 0 Å². The summed E-state index contributed by atoms with van der Waals surface area (Å²) < 4.78 is 10.2. The molecule has 6 heteroatoms. The molecule has 2 rings (SSSR count). The maximum Gasteiger partial charge on any atom is 0.225 e. The third kappa shape index (κ3) is 5.54. The molecule has 0 bridgehead atoms. The van der Waals surface area contributed by atoms with E-state index in [1.54, 1.807) is 25.4 Å². The van der Waals surface area contributed by atoms with Gasteiger partial charge in [0.05, 0.1) is 18.5 Å². The number of nitrogens with one attached hydrogen (secondary N) is 2. The second-order valence-corrected chi connectivity index (χ2v) is 4.75. The molecule has 1 aliphatic carbocycles. The highest BCUT2D eigenvalue weighted by atomic mass is 16.5. The molecule has 0 aromatic carbocycles. The summed E-state index contributed by atoms with van der Waals surface area (Å²) >= 11 is 0. The summed E-state index contributed by atoms with van der Waals surface area (Å²) in [6, 6.07) is 4.14. The largest absolute Gasteiger partial charge is 0.475 e. The van der Waals surface area contributed by atoms with Crippen LogP contribution in [-0.2, 0) is 9.53 Å². The molecule has 1 amide bonds. The van der Waals surface area contributed by atoms with Crippen molar-refractivity contribution in [2.45, 2.75) is 25.3 Å². The van der Waals surface area contributed by atoms with E-state index in [2.05, 4.69) is 15.6 Å². The first-order valence-corrected chi connectivity index (χ1v) is 6.89. The molecule has 20 heavy (non-hydrogen) atoms. The number of pyridine rings is 1. The highest BCUT2D eigenvalue weighted by Crippen LogP contribution is 2.18. The molecule has 1 saturated carbocycles. The maximum atomic E-state index is 11.7. The van der Waals surface area contributed by atoms with Crippen molar-refractivity contribution in [2.75, 3.05) is 32.2 Å². The minimum absolute atomic E-state index is 0.00648. The SMILES string of the molecule is COCCOc1ccc(NC(=O)CCNC2CC2)cn1. The molecule has 6 nitrogen and oxygen atoms in total. The third-order valence-electron chi connectivity index (χ3n) is 2.92. The summed E-state index contributed by atoms with van der Waals surface area (Å²) in [7, 11) is 1.62. The average Bonchev–Trinajstić information content (AvgIpc) is 3.25. The summed E-state index contributed by atoms with van der Waals surface area (Å²) in [4.78, 5) is 15.8. The van der Waals surface area contributed by atoms with Crippen LogP contribution in [-0.4, -0.2) is 43.8 Å². The molecule has 1 aromatic rings. The van der Waals surface area contributed by atoms with Gasteiger partial charge in [-0.25, -0.2) is 4.98 Å². The van der Waals surface area contributed by atoms with Gasteiger partial charge in [-0.1, -0.05) is 0 Å². The fourth-order valence-corrected chi connectivity index (χ4v) is 1.67. The first-order valence-electron chi connectivity index (χ1n) is 6.89. The highest BCUT2D eigenvalue weighted by Gasteiger charge is 2.20. The summed E-state index contributed by atoms with van der Waals surface area (Å²) in [5.41, 5.74) is 0.681. The van der Waals surface area contributed by atoms with E-state index >= 15 is 0 Å². The molecule has 1 heterocycles. The molecule has 0 aliphatic heterocycles. The molecule has 0 atom stereocenters. The van der Waals surface area contributed by atoms with Crippen molar-refractivity contribution in [3.8, 4) is 5.88 Å². The Balaban J connectivity index is 1.67. The van der Waals surface area contributed by atoms with E-state index in [4.69, 9.17) is 9.47 Å². The minimum Gasteiger partial charge on any atom is -0.475 e. The number of anilines is 1. The molecular formula is C14H21N3O3. The molecule has 0 unspecified atom stereocenters. The Hall–Kier alpha value is -1.66. The van der Waals surface area contributed by atoms with Gasteiger partial charge in [-0.05, 0) is 18.9 Å². The predicted octanol–water partition coefficient (Wildman–Crippen LogP) is 1.19. The lowest BCUT2D eigenvalue weighted by molar-refractivity contribution is -0.116. The minimum atomic E-state index is -0.00648. The van der Waals surface area contributed by atoms with E-state index in [9.17, 15) is 4.79 Å². The predicted molar refractivity (Wildman–Crippen MR) is 75.9 cm³/mol. The van der Waals surface area contributed by atoms with Crippen molar-refractivity contribution in [2.24, 2.45) is 0 Å². The summed E-state index contributed by atoms with van der Waals surface area (Å²) in [5.74, 6) is 0.517. The molecule has 0 radical (unpaired) electrons. The highest BCUT2D eigenvalue weighted by molar-refractivity contribution is 5.90. The molecule has 0 saturated heterocycles. The quantitative estimate of drug-likeness (QED) is 0.664. The van der Waals surface area contributed by atoms with Crippen LogP contribution < -0.4 is 15.4 Å². The second-order valence-electron chi connectivity index (χ2n) is 4.75. The lowest BCUT2D eigenvalue weighted by Crippen LogP contribution is -2.23. The number of hydrogen-bond donors (Lipinski definition) is 2. The van der Waals surface area contributed by atoms with Crippen LogP contribution in [0, 0.1) is 0 Å². The second kappa shape index (κ2) is 7.81. The molecule has 1 aliphatic rings. The topological polar surface area (TPSA) is 72.5 Å². The molecule has 1 fully saturated rings.